The summed E-state index contributed by atoms with van der Waals surface area (Å²) in [5.41, 5.74) is 2.34. The number of benzene rings is 1. The molecular weight excluding hydrogens is 358 g/mol. The third kappa shape index (κ3) is 3.60. The van der Waals surface area contributed by atoms with Crippen LogP contribution in [0.5, 0.6) is 5.75 Å². The van der Waals surface area contributed by atoms with E-state index in [4.69, 9.17) is 9.72 Å². The highest BCUT2D eigenvalue weighted by atomic mass is 32.1. The number of ether oxygens (including phenoxy) is 1. The van der Waals surface area contributed by atoms with E-state index in [1.165, 1.54) is 0 Å². The van der Waals surface area contributed by atoms with Crippen molar-refractivity contribution in [3.05, 3.63) is 34.8 Å². The van der Waals surface area contributed by atoms with Gasteiger partial charge in [0, 0.05) is 11.5 Å². The number of carbonyl (C=O) groups excluding carboxylic acids is 1. The van der Waals surface area contributed by atoms with Crippen LogP contribution in [0.4, 0.5) is 0 Å². The number of amides is 1. The molecule has 5 nitrogen and oxygen atoms in total. The monoisotopic (exact) mass is 385 g/mol. The van der Waals surface area contributed by atoms with E-state index in [0.717, 1.165) is 59.2 Å². The summed E-state index contributed by atoms with van der Waals surface area (Å²) in [4.78, 5) is 18.6. The molecule has 27 heavy (non-hydrogen) atoms. The summed E-state index contributed by atoms with van der Waals surface area (Å²) in [5.74, 6) is 1.24. The second-order valence-electron chi connectivity index (χ2n) is 7.80. The maximum atomic E-state index is 12.8. The normalized spacial score (nSPS) is 21.7. The summed E-state index contributed by atoms with van der Waals surface area (Å²) < 4.78 is 5.22. The van der Waals surface area contributed by atoms with E-state index < -0.39 is 0 Å². The average molecular weight is 386 g/mol. The Morgan fingerprint density at radius 2 is 2.04 bits per heavy atom. The van der Waals surface area contributed by atoms with Crippen LogP contribution in [-0.4, -0.2) is 31.1 Å². The number of carbonyl (C=O) groups is 1. The van der Waals surface area contributed by atoms with E-state index in [0.29, 0.717) is 0 Å². The van der Waals surface area contributed by atoms with Gasteiger partial charge in [0.05, 0.1) is 23.7 Å². The highest BCUT2D eigenvalue weighted by Crippen LogP contribution is 2.58. The Hall–Kier alpha value is -1.92. The SMILES string of the molecule is COc1ccc(-c2nc(C)c(C(C)NC(=O)C3CC34CCNCC4)s2)cc1. The van der Waals surface area contributed by atoms with Gasteiger partial charge in [-0.15, -0.1) is 11.3 Å². The molecule has 1 aromatic heterocycles. The molecular formula is C21H27N3O2S. The van der Waals surface area contributed by atoms with Crippen molar-refractivity contribution in [2.45, 2.75) is 39.2 Å². The predicted molar refractivity (Wildman–Crippen MR) is 108 cm³/mol. The van der Waals surface area contributed by atoms with Gasteiger partial charge in [0.25, 0.3) is 0 Å². The van der Waals surface area contributed by atoms with Crippen LogP contribution in [0.3, 0.4) is 0 Å². The third-order valence-electron chi connectivity index (χ3n) is 6.03. The molecule has 2 fully saturated rings. The lowest BCUT2D eigenvalue weighted by molar-refractivity contribution is -0.123. The zero-order valence-electron chi connectivity index (χ0n) is 16.2. The molecule has 1 amide bonds. The Balaban J connectivity index is 1.43. The molecule has 1 aliphatic heterocycles. The van der Waals surface area contributed by atoms with Crippen molar-refractivity contribution < 1.29 is 9.53 Å². The maximum absolute atomic E-state index is 12.8. The number of hydrogen-bond donors (Lipinski definition) is 2. The molecule has 1 aromatic carbocycles. The highest BCUT2D eigenvalue weighted by molar-refractivity contribution is 7.15. The van der Waals surface area contributed by atoms with Crippen LogP contribution in [0.25, 0.3) is 10.6 Å². The molecule has 2 aliphatic rings. The molecule has 0 bridgehead atoms. The number of rotatable bonds is 5. The molecule has 2 aromatic rings. The standard InChI is InChI=1S/C21H27N3O2S/c1-13(23-19(25)17-12-21(17)8-10-22-11-9-21)18-14(2)24-20(27-18)15-4-6-16(26-3)7-5-15/h4-7,13,17,22H,8-12H2,1-3H3,(H,23,25). The van der Waals surface area contributed by atoms with Crippen molar-refractivity contribution >= 4 is 17.2 Å². The molecule has 144 valence electrons. The Bertz CT molecular complexity index is 824. The lowest BCUT2D eigenvalue weighted by Gasteiger charge is -2.23. The summed E-state index contributed by atoms with van der Waals surface area (Å²) in [6.07, 6.45) is 3.30. The van der Waals surface area contributed by atoms with Crippen LogP contribution >= 0.6 is 11.3 Å². The fourth-order valence-electron chi connectivity index (χ4n) is 4.24. The van der Waals surface area contributed by atoms with Gasteiger partial charge in [0.2, 0.25) is 5.91 Å². The van der Waals surface area contributed by atoms with Crippen molar-refractivity contribution in [2.24, 2.45) is 11.3 Å². The summed E-state index contributed by atoms with van der Waals surface area (Å²) in [7, 11) is 1.67. The van der Waals surface area contributed by atoms with Gasteiger partial charge in [-0.25, -0.2) is 4.98 Å². The number of thiazole rings is 1. The predicted octanol–water partition coefficient (Wildman–Crippen LogP) is 3.69. The molecule has 1 aliphatic carbocycles. The van der Waals surface area contributed by atoms with Crippen LogP contribution < -0.4 is 15.4 Å². The minimum Gasteiger partial charge on any atom is -0.497 e. The lowest BCUT2D eigenvalue weighted by Crippen LogP contribution is -2.34. The van der Waals surface area contributed by atoms with Crippen molar-refractivity contribution in [2.75, 3.05) is 20.2 Å². The van der Waals surface area contributed by atoms with E-state index in [9.17, 15) is 4.79 Å². The molecule has 4 rings (SSSR count). The second kappa shape index (κ2) is 7.24. The Morgan fingerprint density at radius 3 is 2.70 bits per heavy atom. The number of aromatic nitrogens is 1. The lowest BCUT2D eigenvalue weighted by atomic mass is 9.91. The number of aryl methyl sites for hydroxylation is 1. The minimum absolute atomic E-state index is 0.0126. The Morgan fingerprint density at radius 1 is 1.33 bits per heavy atom. The molecule has 2 unspecified atom stereocenters. The van der Waals surface area contributed by atoms with Crippen molar-refractivity contribution in [3.63, 3.8) is 0 Å². The zero-order valence-corrected chi connectivity index (χ0v) is 17.0. The quantitative estimate of drug-likeness (QED) is 0.824. The number of nitrogens with one attached hydrogen (secondary N) is 2. The van der Waals surface area contributed by atoms with Gasteiger partial charge in [-0.2, -0.15) is 0 Å². The van der Waals surface area contributed by atoms with E-state index in [1.807, 2.05) is 31.2 Å². The molecule has 2 atom stereocenters. The summed E-state index contributed by atoms with van der Waals surface area (Å²) in [6.45, 7) is 6.16. The number of hydrogen-bond acceptors (Lipinski definition) is 5. The van der Waals surface area contributed by atoms with Crippen molar-refractivity contribution in [1.82, 2.24) is 15.6 Å². The van der Waals surface area contributed by atoms with Crippen molar-refractivity contribution in [3.8, 4) is 16.3 Å². The molecule has 6 heteroatoms. The molecule has 1 saturated carbocycles. The fraction of sp³-hybridized carbons (Fsp3) is 0.524. The van der Waals surface area contributed by atoms with Gasteiger partial charge >= 0.3 is 0 Å². The van der Waals surface area contributed by atoms with Gasteiger partial charge in [0.1, 0.15) is 10.8 Å². The first-order valence-electron chi connectivity index (χ1n) is 9.65. The van der Waals surface area contributed by atoms with E-state index in [1.54, 1.807) is 18.4 Å². The average Bonchev–Trinajstić information content (AvgIpc) is 3.22. The molecule has 1 saturated heterocycles. The molecule has 0 radical (unpaired) electrons. The Kier molecular flexibility index (Phi) is 4.95. The van der Waals surface area contributed by atoms with Crippen molar-refractivity contribution in [1.29, 1.82) is 0 Å². The molecule has 2 heterocycles. The van der Waals surface area contributed by atoms with Crippen LogP contribution in [0.15, 0.2) is 24.3 Å². The molecule has 2 N–H and O–H groups in total. The first kappa shape index (κ1) is 18.4. The number of nitrogens with zero attached hydrogens (tertiary/aromatic N) is 1. The zero-order chi connectivity index (χ0) is 19.0. The van der Waals surface area contributed by atoms with E-state index >= 15 is 0 Å². The first-order chi connectivity index (χ1) is 13.0. The van der Waals surface area contributed by atoms with E-state index in [-0.39, 0.29) is 23.3 Å². The van der Waals surface area contributed by atoms with Crippen LogP contribution in [0, 0.1) is 18.3 Å². The number of methoxy groups -OCH3 is 1. The van der Waals surface area contributed by atoms with Gasteiger partial charge in [-0.05, 0) is 75.9 Å². The summed E-state index contributed by atoms with van der Waals surface area (Å²) in [6, 6.07) is 7.93. The minimum atomic E-state index is -0.0126. The topological polar surface area (TPSA) is 63.2 Å². The van der Waals surface area contributed by atoms with Crippen LogP contribution in [0.1, 0.15) is 42.8 Å². The van der Waals surface area contributed by atoms with Gasteiger partial charge in [0.15, 0.2) is 0 Å². The first-order valence-corrected chi connectivity index (χ1v) is 10.5. The van der Waals surface area contributed by atoms with Crippen LogP contribution in [0.2, 0.25) is 0 Å². The molecule has 1 spiro atoms. The van der Waals surface area contributed by atoms with E-state index in [2.05, 4.69) is 17.6 Å². The maximum Gasteiger partial charge on any atom is 0.224 e. The highest BCUT2D eigenvalue weighted by Gasteiger charge is 2.57. The van der Waals surface area contributed by atoms with Gasteiger partial charge in [-0.3, -0.25) is 4.79 Å². The third-order valence-corrected chi connectivity index (χ3v) is 7.42. The largest absolute Gasteiger partial charge is 0.497 e. The summed E-state index contributed by atoms with van der Waals surface area (Å²) >= 11 is 1.66. The van der Waals surface area contributed by atoms with Gasteiger partial charge in [-0.1, -0.05) is 0 Å². The van der Waals surface area contributed by atoms with Crippen LogP contribution in [-0.2, 0) is 4.79 Å². The smallest absolute Gasteiger partial charge is 0.224 e. The van der Waals surface area contributed by atoms with Gasteiger partial charge < -0.3 is 15.4 Å². The fourth-order valence-corrected chi connectivity index (χ4v) is 5.32. The summed E-state index contributed by atoms with van der Waals surface area (Å²) in [5, 5.41) is 7.62. The Labute approximate surface area is 164 Å². The number of piperidine rings is 1. The second-order valence-corrected chi connectivity index (χ2v) is 8.83.